The van der Waals surface area contributed by atoms with Crippen molar-refractivity contribution in [1.82, 2.24) is 4.98 Å². The standard InChI is InChI=1S/C22H17NO3/c1-13-6-5-9-16-17(22(24)25)12-18(23-21(13)16)20-15-8-4-3-7-14(15)10-11-19(20)26-2/h3-12H,1-2H3,(H,24,25). The number of nitrogens with zero attached hydrogens (tertiary/aromatic N) is 1. The minimum absolute atomic E-state index is 0.240. The zero-order valence-electron chi connectivity index (χ0n) is 14.5. The molecule has 4 aromatic rings. The molecule has 0 aliphatic carbocycles. The van der Waals surface area contributed by atoms with Gasteiger partial charge in [-0.25, -0.2) is 9.78 Å². The van der Waals surface area contributed by atoms with Gasteiger partial charge in [-0.2, -0.15) is 0 Å². The predicted molar refractivity (Wildman–Crippen MR) is 103 cm³/mol. The van der Waals surface area contributed by atoms with Crippen molar-refractivity contribution >= 4 is 27.6 Å². The average Bonchev–Trinajstić information content (AvgIpc) is 2.66. The summed E-state index contributed by atoms with van der Waals surface area (Å²) in [4.78, 5) is 16.7. The van der Waals surface area contributed by atoms with E-state index in [-0.39, 0.29) is 5.56 Å². The number of ether oxygens (including phenoxy) is 1. The van der Waals surface area contributed by atoms with Crippen LogP contribution in [0, 0.1) is 6.92 Å². The quantitative estimate of drug-likeness (QED) is 0.564. The van der Waals surface area contributed by atoms with E-state index >= 15 is 0 Å². The molecule has 0 aliphatic rings. The number of carboxylic acid groups (broad SMARTS) is 1. The molecule has 128 valence electrons. The van der Waals surface area contributed by atoms with Crippen molar-refractivity contribution in [1.29, 1.82) is 0 Å². The topological polar surface area (TPSA) is 59.4 Å². The van der Waals surface area contributed by atoms with Crippen LogP contribution >= 0.6 is 0 Å². The molecule has 1 aromatic heterocycles. The van der Waals surface area contributed by atoms with Crippen molar-refractivity contribution in [2.45, 2.75) is 6.92 Å². The van der Waals surface area contributed by atoms with E-state index in [1.165, 1.54) is 0 Å². The van der Waals surface area contributed by atoms with E-state index in [9.17, 15) is 9.90 Å². The van der Waals surface area contributed by atoms with E-state index in [4.69, 9.17) is 9.72 Å². The molecule has 0 spiro atoms. The fraction of sp³-hybridized carbons (Fsp3) is 0.0909. The number of aromatic nitrogens is 1. The van der Waals surface area contributed by atoms with Crippen molar-refractivity contribution in [3.05, 3.63) is 71.8 Å². The molecule has 1 N–H and O–H groups in total. The second-order valence-electron chi connectivity index (χ2n) is 6.20. The maximum absolute atomic E-state index is 11.9. The first-order chi connectivity index (χ1) is 12.6. The van der Waals surface area contributed by atoms with Gasteiger partial charge in [0.05, 0.1) is 29.4 Å². The van der Waals surface area contributed by atoms with E-state index in [0.29, 0.717) is 22.3 Å². The number of benzene rings is 3. The van der Waals surface area contributed by atoms with Gasteiger partial charge >= 0.3 is 5.97 Å². The van der Waals surface area contributed by atoms with Crippen LogP contribution in [0.3, 0.4) is 0 Å². The fourth-order valence-corrected chi connectivity index (χ4v) is 3.38. The van der Waals surface area contributed by atoms with Gasteiger partial charge in [-0.1, -0.05) is 48.5 Å². The van der Waals surface area contributed by atoms with Gasteiger partial charge in [0.15, 0.2) is 0 Å². The molecule has 4 nitrogen and oxygen atoms in total. The number of rotatable bonds is 3. The van der Waals surface area contributed by atoms with E-state index in [1.54, 1.807) is 19.2 Å². The minimum Gasteiger partial charge on any atom is -0.496 e. The number of carbonyl (C=O) groups is 1. The van der Waals surface area contributed by atoms with Crippen molar-refractivity contribution in [3.63, 3.8) is 0 Å². The number of hydrogen-bond donors (Lipinski definition) is 1. The summed E-state index contributed by atoms with van der Waals surface area (Å²) in [5.41, 5.74) is 3.27. The zero-order chi connectivity index (χ0) is 18.3. The Hall–Kier alpha value is -3.40. The average molecular weight is 343 g/mol. The number of methoxy groups -OCH3 is 1. The first kappa shape index (κ1) is 16.1. The van der Waals surface area contributed by atoms with Crippen LogP contribution in [0.25, 0.3) is 32.9 Å². The van der Waals surface area contributed by atoms with E-state index in [1.807, 2.05) is 55.5 Å². The summed E-state index contributed by atoms with van der Waals surface area (Å²) in [6.07, 6.45) is 0. The number of aromatic carboxylic acids is 1. The summed E-state index contributed by atoms with van der Waals surface area (Å²) in [7, 11) is 1.61. The van der Waals surface area contributed by atoms with Crippen LogP contribution in [-0.4, -0.2) is 23.2 Å². The van der Waals surface area contributed by atoms with Crippen molar-refractivity contribution < 1.29 is 14.6 Å². The van der Waals surface area contributed by atoms with E-state index in [2.05, 4.69) is 0 Å². The second-order valence-corrected chi connectivity index (χ2v) is 6.20. The third-order valence-corrected chi connectivity index (χ3v) is 4.64. The lowest BCUT2D eigenvalue weighted by Crippen LogP contribution is -2.02. The highest BCUT2D eigenvalue weighted by Crippen LogP contribution is 2.37. The smallest absolute Gasteiger partial charge is 0.336 e. The van der Waals surface area contributed by atoms with Gasteiger partial charge in [-0.3, -0.25) is 0 Å². The van der Waals surface area contributed by atoms with Crippen molar-refractivity contribution in [3.8, 4) is 17.0 Å². The maximum Gasteiger partial charge on any atom is 0.336 e. The maximum atomic E-state index is 11.9. The minimum atomic E-state index is -0.969. The molecular formula is C22H17NO3. The summed E-state index contributed by atoms with van der Waals surface area (Å²) in [6.45, 7) is 1.94. The molecule has 0 bridgehead atoms. The van der Waals surface area contributed by atoms with Crippen molar-refractivity contribution in [2.24, 2.45) is 0 Å². The second kappa shape index (κ2) is 6.15. The van der Waals surface area contributed by atoms with Crippen LogP contribution < -0.4 is 4.74 Å². The van der Waals surface area contributed by atoms with Crippen LogP contribution in [0.4, 0.5) is 0 Å². The Morgan fingerprint density at radius 3 is 2.54 bits per heavy atom. The fourth-order valence-electron chi connectivity index (χ4n) is 3.38. The lowest BCUT2D eigenvalue weighted by Gasteiger charge is -2.14. The van der Waals surface area contributed by atoms with E-state index in [0.717, 1.165) is 21.9 Å². The number of aryl methyl sites for hydroxylation is 1. The Kier molecular flexibility index (Phi) is 3.81. The molecule has 0 fully saturated rings. The molecule has 0 aliphatic heterocycles. The van der Waals surface area contributed by atoms with Gasteiger partial charge in [-0.15, -0.1) is 0 Å². The molecule has 0 amide bonds. The summed E-state index contributed by atoms with van der Waals surface area (Å²) in [5.74, 6) is -0.302. The highest BCUT2D eigenvalue weighted by molar-refractivity contribution is 6.06. The Morgan fingerprint density at radius 1 is 1.00 bits per heavy atom. The Morgan fingerprint density at radius 2 is 1.77 bits per heavy atom. The normalized spacial score (nSPS) is 11.0. The molecule has 1 heterocycles. The van der Waals surface area contributed by atoms with Gasteiger partial charge in [0, 0.05) is 5.39 Å². The molecule has 0 radical (unpaired) electrons. The van der Waals surface area contributed by atoms with Gasteiger partial charge in [0.25, 0.3) is 0 Å². The molecule has 0 saturated heterocycles. The Labute approximate surface area is 150 Å². The van der Waals surface area contributed by atoms with Crippen LogP contribution in [0.15, 0.2) is 60.7 Å². The Bertz CT molecular complexity index is 1160. The number of pyridine rings is 1. The number of para-hydroxylation sites is 1. The summed E-state index contributed by atoms with van der Waals surface area (Å²) < 4.78 is 5.56. The Balaban J connectivity index is 2.15. The third-order valence-electron chi connectivity index (χ3n) is 4.64. The first-order valence-corrected chi connectivity index (χ1v) is 8.30. The SMILES string of the molecule is COc1ccc2ccccc2c1-c1cc(C(=O)O)c2cccc(C)c2n1. The monoisotopic (exact) mass is 343 g/mol. The lowest BCUT2D eigenvalue weighted by molar-refractivity contribution is 0.0699. The zero-order valence-corrected chi connectivity index (χ0v) is 14.5. The van der Waals surface area contributed by atoms with Crippen molar-refractivity contribution in [2.75, 3.05) is 7.11 Å². The van der Waals surface area contributed by atoms with Gasteiger partial charge in [0.1, 0.15) is 5.75 Å². The largest absolute Gasteiger partial charge is 0.496 e. The third kappa shape index (κ3) is 2.47. The molecule has 0 saturated carbocycles. The van der Waals surface area contributed by atoms with Gasteiger partial charge in [0.2, 0.25) is 0 Å². The van der Waals surface area contributed by atoms with Crippen LogP contribution in [0.5, 0.6) is 5.75 Å². The molecule has 0 atom stereocenters. The number of fused-ring (bicyclic) bond motifs is 2. The van der Waals surface area contributed by atoms with Gasteiger partial charge in [-0.05, 0) is 35.4 Å². The molecule has 3 aromatic carbocycles. The number of carboxylic acids is 1. The first-order valence-electron chi connectivity index (χ1n) is 8.30. The summed E-state index contributed by atoms with van der Waals surface area (Å²) in [6, 6.07) is 19.0. The molecule has 4 rings (SSSR count). The summed E-state index contributed by atoms with van der Waals surface area (Å²) in [5, 5.41) is 12.4. The van der Waals surface area contributed by atoms with Crippen LogP contribution in [-0.2, 0) is 0 Å². The van der Waals surface area contributed by atoms with Gasteiger partial charge < -0.3 is 9.84 Å². The molecule has 4 heteroatoms. The van der Waals surface area contributed by atoms with Crippen LogP contribution in [0.2, 0.25) is 0 Å². The predicted octanol–water partition coefficient (Wildman–Crippen LogP) is 5.07. The lowest BCUT2D eigenvalue weighted by atomic mass is 9.97. The molecule has 0 unspecified atom stereocenters. The molecular weight excluding hydrogens is 326 g/mol. The molecule has 26 heavy (non-hydrogen) atoms. The van der Waals surface area contributed by atoms with Crippen LogP contribution in [0.1, 0.15) is 15.9 Å². The van der Waals surface area contributed by atoms with E-state index < -0.39 is 5.97 Å². The highest BCUT2D eigenvalue weighted by Gasteiger charge is 2.18. The summed E-state index contributed by atoms with van der Waals surface area (Å²) >= 11 is 0. The highest BCUT2D eigenvalue weighted by atomic mass is 16.5. The number of hydrogen-bond acceptors (Lipinski definition) is 3.